The Kier molecular flexibility index (Phi) is 4.23. The molecule has 0 atom stereocenters. The number of aromatic nitrogens is 3. The van der Waals surface area contributed by atoms with Crippen LogP contribution in [0.25, 0.3) is 11.0 Å². The number of nitrogens with zero attached hydrogens (tertiary/aromatic N) is 4. The molecule has 0 radical (unpaired) electrons. The van der Waals surface area contributed by atoms with E-state index in [1.54, 1.807) is 6.20 Å². The van der Waals surface area contributed by atoms with Crippen LogP contribution in [-0.4, -0.2) is 50.7 Å². The summed E-state index contributed by atoms with van der Waals surface area (Å²) >= 11 is 0. The average Bonchev–Trinajstić information content (AvgIpc) is 3.34. The number of amides is 1. The Hall–Kier alpha value is -1.95. The lowest BCUT2D eigenvalue weighted by Gasteiger charge is -2.32. The highest BCUT2D eigenvalue weighted by Crippen LogP contribution is 2.29. The summed E-state index contributed by atoms with van der Waals surface area (Å²) in [5, 5.41) is 8.51. The normalized spacial score (nSPS) is 19.7. The van der Waals surface area contributed by atoms with Crippen molar-refractivity contribution in [2.45, 2.75) is 64.6 Å². The van der Waals surface area contributed by atoms with Gasteiger partial charge in [-0.1, -0.05) is 0 Å². The van der Waals surface area contributed by atoms with Crippen molar-refractivity contribution >= 4 is 16.9 Å². The summed E-state index contributed by atoms with van der Waals surface area (Å²) in [5.74, 6) is 0.00341. The zero-order valence-corrected chi connectivity index (χ0v) is 15.3. The first-order chi connectivity index (χ1) is 12.0. The SMILES string of the molecule is Cc1cc(C(=O)NC2CCN(C3CC3)CC2)c2cnn(C(C)C)c2n1. The van der Waals surface area contributed by atoms with Gasteiger partial charge in [-0.25, -0.2) is 9.67 Å². The zero-order valence-electron chi connectivity index (χ0n) is 15.3. The van der Waals surface area contributed by atoms with Crippen molar-refractivity contribution in [1.29, 1.82) is 0 Å². The summed E-state index contributed by atoms with van der Waals surface area (Å²) in [4.78, 5) is 20.1. The quantitative estimate of drug-likeness (QED) is 0.929. The van der Waals surface area contributed by atoms with E-state index in [-0.39, 0.29) is 18.0 Å². The molecule has 25 heavy (non-hydrogen) atoms. The van der Waals surface area contributed by atoms with Gasteiger partial charge in [0.05, 0.1) is 17.1 Å². The molecule has 2 aromatic rings. The van der Waals surface area contributed by atoms with Crippen LogP contribution in [-0.2, 0) is 0 Å². The Bertz CT molecular complexity index is 784. The number of piperidine rings is 1. The van der Waals surface area contributed by atoms with Gasteiger partial charge in [0.15, 0.2) is 5.65 Å². The van der Waals surface area contributed by atoms with E-state index >= 15 is 0 Å². The molecule has 1 aliphatic heterocycles. The van der Waals surface area contributed by atoms with Gasteiger partial charge >= 0.3 is 0 Å². The van der Waals surface area contributed by atoms with Crippen LogP contribution < -0.4 is 5.32 Å². The number of nitrogens with one attached hydrogen (secondary N) is 1. The van der Waals surface area contributed by atoms with Crippen LogP contribution in [0.2, 0.25) is 0 Å². The molecular formula is C19H27N5O. The number of likely N-dealkylation sites (tertiary alicyclic amines) is 1. The fourth-order valence-electron chi connectivity index (χ4n) is 3.82. The predicted molar refractivity (Wildman–Crippen MR) is 97.7 cm³/mol. The van der Waals surface area contributed by atoms with Crippen LogP contribution in [0.1, 0.15) is 61.6 Å². The van der Waals surface area contributed by atoms with Gasteiger partial charge in [-0.2, -0.15) is 5.10 Å². The van der Waals surface area contributed by atoms with Crippen molar-refractivity contribution in [3.05, 3.63) is 23.5 Å². The van der Waals surface area contributed by atoms with Gasteiger partial charge in [-0.15, -0.1) is 0 Å². The molecule has 3 heterocycles. The molecule has 0 aromatic carbocycles. The largest absolute Gasteiger partial charge is 0.349 e. The van der Waals surface area contributed by atoms with E-state index in [4.69, 9.17) is 0 Å². The highest BCUT2D eigenvalue weighted by Gasteiger charge is 2.32. The molecule has 1 saturated heterocycles. The van der Waals surface area contributed by atoms with Crippen molar-refractivity contribution in [2.75, 3.05) is 13.1 Å². The molecule has 1 amide bonds. The van der Waals surface area contributed by atoms with Crippen molar-refractivity contribution in [3.63, 3.8) is 0 Å². The van der Waals surface area contributed by atoms with E-state index in [0.717, 1.165) is 48.7 Å². The zero-order chi connectivity index (χ0) is 17.6. The third kappa shape index (κ3) is 3.27. The van der Waals surface area contributed by atoms with Crippen LogP contribution in [0.3, 0.4) is 0 Å². The molecule has 0 spiro atoms. The third-order valence-corrected chi connectivity index (χ3v) is 5.36. The van der Waals surface area contributed by atoms with Gasteiger partial charge in [0, 0.05) is 36.9 Å². The maximum atomic E-state index is 12.9. The molecular weight excluding hydrogens is 314 g/mol. The molecule has 4 rings (SSSR count). The number of pyridine rings is 1. The van der Waals surface area contributed by atoms with Crippen LogP contribution in [0.15, 0.2) is 12.3 Å². The van der Waals surface area contributed by atoms with E-state index in [0.29, 0.717) is 5.56 Å². The highest BCUT2D eigenvalue weighted by molar-refractivity contribution is 6.05. The van der Waals surface area contributed by atoms with Gasteiger partial charge in [0.2, 0.25) is 0 Å². The molecule has 0 unspecified atom stereocenters. The molecule has 2 aliphatic rings. The van der Waals surface area contributed by atoms with Crippen molar-refractivity contribution < 1.29 is 4.79 Å². The second-order valence-electron chi connectivity index (χ2n) is 7.75. The van der Waals surface area contributed by atoms with Crippen molar-refractivity contribution in [3.8, 4) is 0 Å². The number of fused-ring (bicyclic) bond motifs is 1. The second kappa shape index (κ2) is 6.41. The number of hydrogen-bond donors (Lipinski definition) is 1. The standard InChI is InChI=1S/C19H27N5O/c1-12(2)24-18-17(11-20-24)16(10-13(3)21-18)19(25)22-14-6-8-23(9-7-14)15-4-5-15/h10-12,14-15H,4-9H2,1-3H3,(H,22,25). The van der Waals surface area contributed by atoms with E-state index < -0.39 is 0 Å². The van der Waals surface area contributed by atoms with Crippen LogP contribution in [0.4, 0.5) is 0 Å². The highest BCUT2D eigenvalue weighted by atomic mass is 16.1. The van der Waals surface area contributed by atoms with Gasteiger partial charge in [-0.3, -0.25) is 4.79 Å². The van der Waals surface area contributed by atoms with Crippen molar-refractivity contribution in [2.24, 2.45) is 0 Å². The Morgan fingerprint density at radius 2 is 1.96 bits per heavy atom. The van der Waals surface area contributed by atoms with Gasteiger partial charge in [0.1, 0.15) is 0 Å². The minimum absolute atomic E-state index is 0.00341. The molecule has 2 fully saturated rings. The molecule has 6 nitrogen and oxygen atoms in total. The molecule has 1 saturated carbocycles. The monoisotopic (exact) mass is 341 g/mol. The van der Waals surface area contributed by atoms with Crippen LogP contribution >= 0.6 is 0 Å². The Morgan fingerprint density at radius 1 is 1.24 bits per heavy atom. The first-order valence-corrected chi connectivity index (χ1v) is 9.42. The summed E-state index contributed by atoms with van der Waals surface area (Å²) in [6.45, 7) is 8.28. The predicted octanol–water partition coefficient (Wildman–Crippen LogP) is 2.68. The van der Waals surface area contributed by atoms with Crippen LogP contribution in [0.5, 0.6) is 0 Å². The Labute approximate surface area is 148 Å². The molecule has 2 aromatic heterocycles. The minimum Gasteiger partial charge on any atom is -0.349 e. The smallest absolute Gasteiger partial charge is 0.252 e. The topological polar surface area (TPSA) is 63.1 Å². The minimum atomic E-state index is 0.00341. The Balaban J connectivity index is 1.52. The first kappa shape index (κ1) is 16.5. The summed E-state index contributed by atoms with van der Waals surface area (Å²) in [5.41, 5.74) is 2.34. The summed E-state index contributed by atoms with van der Waals surface area (Å²) < 4.78 is 1.88. The molecule has 1 N–H and O–H groups in total. The van der Waals surface area contributed by atoms with E-state index in [1.165, 1.54) is 12.8 Å². The number of rotatable bonds is 4. The number of aryl methyl sites for hydroxylation is 1. The van der Waals surface area contributed by atoms with Gasteiger partial charge < -0.3 is 10.2 Å². The molecule has 134 valence electrons. The summed E-state index contributed by atoms with van der Waals surface area (Å²) in [6.07, 6.45) is 6.56. The summed E-state index contributed by atoms with van der Waals surface area (Å²) in [6, 6.07) is 3.19. The lowest BCUT2D eigenvalue weighted by atomic mass is 10.0. The maximum Gasteiger partial charge on any atom is 0.252 e. The fourth-order valence-corrected chi connectivity index (χ4v) is 3.82. The number of carbonyl (C=O) groups is 1. The van der Waals surface area contributed by atoms with E-state index in [9.17, 15) is 4.79 Å². The first-order valence-electron chi connectivity index (χ1n) is 9.42. The molecule has 1 aliphatic carbocycles. The second-order valence-corrected chi connectivity index (χ2v) is 7.75. The average molecular weight is 341 g/mol. The van der Waals surface area contributed by atoms with E-state index in [2.05, 4.69) is 34.1 Å². The van der Waals surface area contributed by atoms with Crippen LogP contribution in [0, 0.1) is 6.92 Å². The van der Waals surface area contributed by atoms with Crippen molar-refractivity contribution in [1.82, 2.24) is 25.0 Å². The fraction of sp³-hybridized carbons (Fsp3) is 0.632. The van der Waals surface area contributed by atoms with Gasteiger partial charge in [-0.05, 0) is 52.5 Å². The maximum absolute atomic E-state index is 12.9. The Morgan fingerprint density at radius 3 is 2.60 bits per heavy atom. The number of carbonyl (C=O) groups excluding carboxylic acids is 1. The lowest BCUT2D eigenvalue weighted by molar-refractivity contribution is 0.0910. The molecule has 0 bridgehead atoms. The van der Waals surface area contributed by atoms with Gasteiger partial charge in [0.25, 0.3) is 5.91 Å². The third-order valence-electron chi connectivity index (χ3n) is 5.36. The molecule has 6 heteroatoms. The lowest BCUT2D eigenvalue weighted by Crippen LogP contribution is -2.45. The van der Waals surface area contributed by atoms with E-state index in [1.807, 2.05) is 17.7 Å². The summed E-state index contributed by atoms with van der Waals surface area (Å²) in [7, 11) is 0. The number of hydrogen-bond acceptors (Lipinski definition) is 4.